The van der Waals surface area contributed by atoms with Crippen molar-refractivity contribution in [2.24, 2.45) is 5.92 Å². The monoisotopic (exact) mass is 491 g/mol. The Morgan fingerprint density at radius 3 is 2.73 bits per heavy atom. The number of benzene rings is 1. The number of amides is 1. The molecule has 0 spiro atoms. The van der Waals surface area contributed by atoms with Crippen LogP contribution in [-0.4, -0.2) is 28.9 Å². The van der Waals surface area contributed by atoms with Crippen LogP contribution in [0, 0.1) is 11.7 Å². The van der Waals surface area contributed by atoms with Crippen molar-refractivity contribution in [3.63, 3.8) is 0 Å². The fraction of sp³-hybridized carbons (Fsp3) is 0.333. The topological polar surface area (TPSA) is 81.6 Å². The normalized spacial score (nSPS) is 15.1. The number of ether oxygens (including phenoxy) is 1. The Bertz CT molecular complexity index is 1260. The van der Waals surface area contributed by atoms with Crippen LogP contribution in [0.3, 0.4) is 0 Å². The number of anilines is 1. The lowest BCUT2D eigenvalue weighted by Gasteiger charge is -2.27. The predicted octanol–water partition coefficient (Wildman–Crippen LogP) is 6.27. The zero-order valence-electron chi connectivity index (χ0n) is 18.5. The van der Waals surface area contributed by atoms with E-state index in [1.54, 1.807) is 19.4 Å². The molecule has 0 radical (unpaired) electrons. The molecular formula is C24H24Cl2FN3O3. The summed E-state index contributed by atoms with van der Waals surface area (Å²) in [4.78, 5) is 18.4. The Morgan fingerprint density at radius 2 is 2.06 bits per heavy atom. The van der Waals surface area contributed by atoms with Crippen molar-refractivity contribution in [1.29, 1.82) is 0 Å². The number of fused-ring (bicyclic) bond motifs is 1. The van der Waals surface area contributed by atoms with Crippen LogP contribution in [0.2, 0.25) is 10.0 Å². The molecule has 4 rings (SSSR count). The molecule has 1 amide bonds. The van der Waals surface area contributed by atoms with Gasteiger partial charge in [0.25, 0.3) is 0 Å². The van der Waals surface area contributed by atoms with Crippen LogP contribution in [0.25, 0.3) is 16.5 Å². The molecular weight excluding hydrogens is 468 g/mol. The maximum Gasteiger partial charge on any atom is 0.225 e. The van der Waals surface area contributed by atoms with Crippen LogP contribution < -0.4 is 10.5 Å². The summed E-state index contributed by atoms with van der Waals surface area (Å²) in [5.41, 5.74) is 8.76. The lowest BCUT2D eigenvalue weighted by Crippen LogP contribution is -2.37. The molecule has 3 aromatic rings. The molecule has 1 aromatic carbocycles. The van der Waals surface area contributed by atoms with Gasteiger partial charge in [-0.05, 0) is 31.1 Å². The fourth-order valence-corrected chi connectivity index (χ4v) is 4.65. The molecule has 9 heteroatoms. The number of pyridine rings is 1. The zero-order valence-corrected chi connectivity index (χ0v) is 20.0. The number of halogens is 3. The van der Waals surface area contributed by atoms with Gasteiger partial charge >= 0.3 is 0 Å². The molecule has 1 aliphatic heterocycles. The average molecular weight is 492 g/mol. The minimum Gasteiger partial charge on any atom is -0.478 e. The highest BCUT2D eigenvalue weighted by Gasteiger charge is 2.25. The van der Waals surface area contributed by atoms with Crippen molar-refractivity contribution in [3.8, 4) is 5.75 Å². The van der Waals surface area contributed by atoms with E-state index in [-0.39, 0.29) is 33.4 Å². The third kappa shape index (κ3) is 4.39. The summed E-state index contributed by atoms with van der Waals surface area (Å²) < 4.78 is 25.9. The highest BCUT2D eigenvalue weighted by atomic mass is 35.5. The van der Waals surface area contributed by atoms with Crippen molar-refractivity contribution in [1.82, 2.24) is 9.88 Å². The standard InChI is InChI=1S/C24H24Cl2FN3O3/c1-12(2)24(31)30-8-6-14(7-9-30)16-11-32-21-15(16)10-29-23(28)22(21)33-13(3)19-17(25)4-5-18(27)20(19)26/h4-6,10-13H,7-9H2,1-3H3,(H2,28,29)/t13-/m1/s1. The van der Waals surface area contributed by atoms with Crippen LogP contribution in [0.4, 0.5) is 10.2 Å². The first-order valence-electron chi connectivity index (χ1n) is 10.6. The summed E-state index contributed by atoms with van der Waals surface area (Å²) in [5, 5.41) is 0.903. The summed E-state index contributed by atoms with van der Waals surface area (Å²) in [6.45, 7) is 6.66. The third-order valence-corrected chi connectivity index (χ3v) is 6.46. The van der Waals surface area contributed by atoms with Crippen molar-refractivity contribution in [2.75, 3.05) is 18.8 Å². The molecule has 0 fully saturated rings. The molecule has 0 saturated heterocycles. The van der Waals surface area contributed by atoms with Gasteiger partial charge in [0.1, 0.15) is 11.9 Å². The number of nitrogen functional groups attached to an aromatic ring is 1. The third-order valence-electron chi connectivity index (χ3n) is 5.74. The van der Waals surface area contributed by atoms with E-state index < -0.39 is 11.9 Å². The van der Waals surface area contributed by atoms with Gasteiger partial charge in [-0.25, -0.2) is 9.37 Å². The highest BCUT2D eigenvalue weighted by molar-refractivity contribution is 6.36. The molecule has 1 atom stereocenters. The van der Waals surface area contributed by atoms with E-state index in [4.69, 9.17) is 38.1 Å². The average Bonchev–Trinajstić information content (AvgIpc) is 3.22. The number of carbonyl (C=O) groups is 1. The van der Waals surface area contributed by atoms with E-state index >= 15 is 0 Å². The highest BCUT2D eigenvalue weighted by Crippen LogP contribution is 2.41. The molecule has 0 unspecified atom stereocenters. The van der Waals surface area contributed by atoms with Crippen molar-refractivity contribution >= 4 is 51.5 Å². The fourth-order valence-electron chi connectivity index (χ4n) is 3.97. The lowest BCUT2D eigenvalue weighted by atomic mass is 9.99. The van der Waals surface area contributed by atoms with E-state index in [1.807, 2.05) is 24.8 Å². The molecule has 1 aliphatic rings. The number of carbonyl (C=O) groups excluding carboxylic acids is 1. The number of hydrogen-bond acceptors (Lipinski definition) is 5. The minimum absolute atomic E-state index is 0.0383. The van der Waals surface area contributed by atoms with E-state index in [9.17, 15) is 9.18 Å². The Balaban J connectivity index is 1.66. The van der Waals surface area contributed by atoms with Crippen LogP contribution >= 0.6 is 23.2 Å². The Labute approximate surface area is 201 Å². The van der Waals surface area contributed by atoms with Gasteiger partial charge in [0.05, 0.1) is 16.7 Å². The van der Waals surface area contributed by atoms with Gasteiger partial charge in [-0.15, -0.1) is 0 Å². The number of furan rings is 1. The molecule has 33 heavy (non-hydrogen) atoms. The van der Waals surface area contributed by atoms with Gasteiger partial charge in [-0.1, -0.05) is 43.1 Å². The number of nitrogens with two attached hydrogens (primary N) is 1. The largest absolute Gasteiger partial charge is 0.478 e. The molecule has 0 saturated carbocycles. The van der Waals surface area contributed by atoms with E-state index in [0.29, 0.717) is 30.7 Å². The SMILES string of the molecule is CC(C)C(=O)N1CC=C(c2coc3c(O[C@H](C)c4c(Cl)ccc(F)c4Cl)c(N)ncc23)CC1. The van der Waals surface area contributed by atoms with Crippen LogP contribution in [0.15, 0.2) is 35.1 Å². The smallest absolute Gasteiger partial charge is 0.225 e. The maximum absolute atomic E-state index is 14.0. The summed E-state index contributed by atoms with van der Waals surface area (Å²) in [6, 6.07) is 2.62. The van der Waals surface area contributed by atoms with Crippen LogP contribution in [0.5, 0.6) is 5.75 Å². The van der Waals surface area contributed by atoms with Gasteiger partial charge in [-0.2, -0.15) is 0 Å². The van der Waals surface area contributed by atoms with Crippen molar-refractivity contribution in [2.45, 2.75) is 33.3 Å². The predicted molar refractivity (Wildman–Crippen MR) is 128 cm³/mol. The second kappa shape index (κ2) is 9.23. The summed E-state index contributed by atoms with van der Waals surface area (Å²) in [6.07, 6.45) is 5.28. The lowest BCUT2D eigenvalue weighted by molar-refractivity contribution is -0.134. The van der Waals surface area contributed by atoms with Crippen molar-refractivity contribution < 1.29 is 18.3 Å². The second-order valence-electron chi connectivity index (χ2n) is 8.30. The Morgan fingerprint density at radius 1 is 1.30 bits per heavy atom. The number of rotatable bonds is 5. The van der Waals surface area contributed by atoms with Gasteiger partial charge in [0.15, 0.2) is 11.4 Å². The first-order chi connectivity index (χ1) is 15.7. The van der Waals surface area contributed by atoms with E-state index in [0.717, 1.165) is 16.5 Å². The minimum atomic E-state index is -0.714. The molecule has 2 aromatic heterocycles. The van der Waals surface area contributed by atoms with Gasteiger partial charge in [0.2, 0.25) is 11.7 Å². The van der Waals surface area contributed by atoms with Gasteiger partial charge in [0, 0.05) is 41.4 Å². The summed E-state index contributed by atoms with van der Waals surface area (Å²) >= 11 is 12.4. The zero-order chi connectivity index (χ0) is 23.9. The Kier molecular flexibility index (Phi) is 6.54. The first-order valence-corrected chi connectivity index (χ1v) is 11.4. The molecule has 3 heterocycles. The summed E-state index contributed by atoms with van der Waals surface area (Å²) in [7, 11) is 0. The number of aromatic nitrogens is 1. The quantitative estimate of drug-likeness (QED) is 0.425. The maximum atomic E-state index is 14.0. The number of nitrogens with zero attached hydrogens (tertiary/aromatic N) is 2. The Hall–Kier alpha value is -2.77. The molecule has 2 N–H and O–H groups in total. The van der Waals surface area contributed by atoms with Crippen molar-refractivity contribution in [3.05, 3.63) is 57.7 Å². The molecule has 0 aliphatic carbocycles. The van der Waals surface area contributed by atoms with Gasteiger partial charge in [-0.3, -0.25) is 4.79 Å². The van der Waals surface area contributed by atoms with Gasteiger partial charge < -0.3 is 19.8 Å². The molecule has 0 bridgehead atoms. The second-order valence-corrected chi connectivity index (χ2v) is 9.09. The molecule has 174 valence electrons. The van der Waals surface area contributed by atoms with E-state index in [1.165, 1.54) is 12.1 Å². The molecule has 6 nitrogen and oxygen atoms in total. The first kappa shape index (κ1) is 23.4. The number of hydrogen-bond donors (Lipinski definition) is 1. The summed E-state index contributed by atoms with van der Waals surface area (Å²) in [5.74, 6) is -0.133. The van der Waals surface area contributed by atoms with Crippen LogP contribution in [-0.2, 0) is 4.79 Å². The van der Waals surface area contributed by atoms with E-state index in [2.05, 4.69) is 4.98 Å². The van der Waals surface area contributed by atoms with Crippen LogP contribution in [0.1, 0.15) is 44.4 Å².